The number of aldehydes is 1. The second-order valence-electron chi connectivity index (χ2n) is 2.90. The van der Waals surface area contributed by atoms with Crippen LogP contribution in [0, 0.1) is 0 Å². The highest BCUT2D eigenvalue weighted by atomic mass is 16.5. The molecule has 0 amide bonds. The Bertz CT molecular complexity index is 375. The van der Waals surface area contributed by atoms with Crippen molar-refractivity contribution < 1.29 is 23.8 Å². The van der Waals surface area contributed by atoms with Gasteiger partial charge in [0, 0.05) is 5.56 Å². The lowest BCUT2D eigenvalue weighted by Crippen LogP contribution is -2.05. The number of rotatable bonds is 6. The van der Waals surface area contributed by atoms with Crippen LogP contribution in [0.15, 0.2) is 18.2 Å². The van der Waals surface area contributed by atoms with Crippen molar-refractivity contribution in [1.29, 1.82) is 0 Å². The first-order chi connectivity index (χ1) is 7.76. The van der Waals surface area contributed by atoms with Crippen LogP contribution in [0.1, 0.15) is 11.7 Å². The fraction of sp³-hybridized carbons (Fsp3) is 0.273. The number of benzene rings is 1. The minimum Gasteiger partial charge on any atom is -0.493 e. The molecule has 5 nitrogen and oxygen atoms in total. The van der Waals surface area contributed by atoms with Gasteiger partial charge in [-0.2, -0.15) is 0 Å². The molecule has 0 aliphatic rings. The number of methoxy groups -OCH3 is 2. The maximum atomic E-state index is 10.7. The standard InChI is InChI=1S/C11H12O5/c1-14-9-4-3-8(5-10(9)15-2)11(6-12)16-7-13/h3-7,11H,1-2H3. The highest BCUT2D eigenvalue weighted by Gasteiger charge is 2.14. The van der Waals surface area contributed by atoms with E-state index in [-0.39, 0.29) is 6.47 Å². The average Bonchev–Trinajstić information content (AvgIpc) is 2.35. The lowest BCUT2D eigenvalue weighted by Gasteiger charge is -2.12. The third-order valence-corrected chi connectivity index (χ3v) is 2.06. The molecule has 86 valence electrons. The molecule has 0 aromatic heterocycles. The van der Waals surface area contributed by atoms with Crippen molar-refractivity contribution in [2.45, 2.75) is 6.10 Å². The SMILES string of the molecule is COc1ccc(C(C=O)OC=O)cc1OC. The first-order valence-corrected chi connectivity index (χ1v) is 4.53. The Morgan fingerprint density at radius 1 is 1.12 bits per heavy atom. The summed E-state index contributed by atoms with van der Waals surface area (Å²) in [6, 6.07) is 4.85. The van der Waals surface area contributed by atoms with E-state index >= 15 is 0 Å². The molecule has 1 rings (SSSR count). The summed E-state index contributed by atoms with van der Waals surface area (Å²) >= 11 is 0. The van der Waals surface area contributed by atoms with Crippen molar-refractivity contribution in [3.8, 4) is 11.5 Å². The van der Waals surface area contributed by atoms with Gasteiger partial charge in [0.05, 0.1) is 14.2 Å². The van der Waals surface area contributed by atoms with Crippen LogP contribution in [-0.4, -0.2) is 27.0 Å². The van der Waals surface area contributed by atoms with E-state index in [0.717, 1.165) is 0 Å². The van der Waals surface area contributed by atoms with Crippen LogP contribution in [0.25, 0.3) is 0 Å². The molecule has 1 unspecified atom stereocenters. The molecule has 0 fully saturated rings. The van der Waals surface area contributed by atoms with Gasteiger partial charge in [-0.15, -0.1) is 0 Å². The summed E-state index contributed by atoms with van der Waals surface area (Å²) in [5.41, 5.74) is 0.528. The minimum absolute atomic E-state index is 0.232. The predicted molar refractivity (Wildman–Crippen MR) is 55.5 cm³/mol. The lowest BCUT2D eigenvalue weighted by atomic mass is 10.1. The smallest absolute Gasteiger partial charge is 0.294 e. The van der Waals surface area contributed by atoms with E-state index < -0.39 is 6.10 Å². The molecule has 0 N–H and O–H groups in total. The lowest BCUT2D eigenvalue weighted by molar-refractivity contribution is -0.139. The van der Waals surface area contributed by atoms with E-state index in [9.17, 15) is 9.59 Å². The van der Waals surface area contributed by atoms with Crippen molar-refractivity contribution in [2.75, 3.05) is 14.2 Å². The van der Waals surface area contributed by atoms with E-state index in [1.165, 1.54) is 14.2 Å². The van der Waals surface area contributed by atoms with E-state index in [1.807, 2.05) is 0 Å². The van der Waals surface area contributed by atoms with Crippen molar-refractivity contribution in [3.05, 3.63) is 23.8 Å². The maximum absolute atomic E-state index is 10.7. The number of hydrogen-bond donors (Lipinski definition) is 0. The zero-order valence-electron chi connectivity index (χ0n) is 9.01. The zero-order valence-corrected chi connectivity index (χ0v) is 9.01. The molecular formula is C11H12O5. The molecule has 1 aromatic carbocycles. The fourth-order valence-corrected chi connectivity index (χ4v) is 1.28. The second kappa shape index (κ2) is 5.75. The van der Waals surface area contributed by atoms with E-state index in [4.69, 9.17) is 9.47 Å². The van der Waals surface area contributed by atoms with Gasteiger partial charge in [0.1, 0.15) is 0 Å². The molecule has 1 atom stereocenters. The third-order valence-electron chi connectivity index (χ3n) is 2.06. The Kier molecular flexibility index (Phi) is 4.32. The van der Waals surface area contributed by atoms with E-state index in [1.54, 1.807) is 18.2 Å². The van der Waals surface area contributed by atoms with Crippen LogP contribution in [0.2, 0.25) is 0 Å². The summed E-state index contributed by atoms with van der Waals surface area (Å²) in [5, 5.41) is 0. The normalized spacial score (nSPS) is 11.4. The Hall–Kier alpha value is -2.04. The number of ether oxygens (including phenoxy) is 3. The number of hydrogen-bond acceptors (Lipinski definition) is 5. The second-order valence-corrected chi connectivity index (χ2v) is 2.90. The average molecular weight is 224 g/mol. The summed E-state index contributed by atoms with van der Waals surface area (Å²) in [7, 11) is 2.99. The molecule has 0 spiro atoms. The topological polar surface area (TPSA) is 61.8 Å². The van der Waals surface area contributed by atoms with Gasteiger partial charge >= 0.3 is 0 Å². The van der Waals surface area contributed by atoms with Crippen LogP contribution < -0.4 is 9.47 Å². The van der Waals surface area contributed by atoms with E-state index in [0.29, 0.717) is 23.3 Å². The Morgan fingerprint density at radius 2 is 1.81 bits per heavy atom. The molecule has 5 heteroatoms. The summed E-state index contributed by atoms with van der Waals surface area (Å²) in [4.78, 5) is 20.9. The fourth-order valence-electron chi connectivity index (χ4n) is 1.28. The molecule has 0 saturated carbocycles. The van der Waals surface area contributed by atoms with Crippen LogP contribution in [0.5, 0.6) is 11.5 Å². The summed E-state index contributed by atoms with van der Waals surface area (Å²) in [5.74, 6) is 1.02. The largest absolute Gasteiger partial charge is 0.493 e. The molecule has 0 saturated heterocycles. The molecule has 1 aromatic rings. The number of carbonyl (C=O) groups excluding carboxylic acids is 2. The summed E-state index contributed by atoms with van der Waals surface area (Å²) in [6.07, 6.45) is -0.382. The molecule has 0 bridgehead atoms. The minimum atomic E-state index is -0.919. The molecule has 0 aliphatic carbocycles. The molecule has 0 heterocycles. The van der Waals surface area contributed by atoms with E-state index in [2.05, 4.69) is 4.74 Å². The molecular weight excluding hydrogens is 212 g/mol. The van der Waals surface area contributed by atoms with Gasteiger partial charge in [0.2, 0.25) is 0 Å². The van der Waals surface area contributed by atoms with Gasteiger partial charge in [-0.25, -0.2) is 0 Å². The van der Waals surface area contributed by atoms with Crippen LogP contribution in [0.4, 0.5) is 0 Å². The molecule has 0 radical (unpaired) electrons. The van der Waals surface area contributed by atoms with Crippen molar-refractivity contribution in [1.82, 2.24) is 0 Å². The quantitative estimate of drug-likeness (QED) is 0.677. The number of carbonyl (C=O) groups is 2. The Balaban J connectivity index is 3.05. The highest BCUT2D eigenvalue weighted by molar-refractivity contribution is 5.63. The summed E-state index contributed by atoms with van der Waals surface area (Å²) < 4.78 is 14.7. The Morgan fingerprint density at radius 3 is 2.31 bits per heavy atom. The maximum Gasteiger partial charge on any atom is 0.294 e. The van der Waals surface area contributed by atoms with Crippen LogP contribution in [0.3, 0.4) is 0 Å². The van der Waals surface area contributed by atoms with Gasteiger partial charge in [0.25, 0.3) is 6.47 Å². The van der Waals surface area contributed by atoms with Gasteiger partial charge in [-0.3, -0.25) is 9.59 Å². The van der Waals surface area contributed by atoms with Gasteiger partial charge in [-0.05, 0) is 12.1 Å². The van der Waals surface area contributed by atoms with Crippen molar-refractivity contribution in [3.63, 3.8) is 0 Å². The van der Waals surface area contributed by atoms with Gasteiger partial charge in [0.15, 0.2) is 23.9 Å². The first kappa shape index (κ1) is 12.0. The highest BCUT2D eigenvalue weighted by Crippen LogP contribution is 2.30. The molecule has 16 heavy (non-hydrogen) atoms. The first-order valence-electron chi connectivity index (χ1n) is 4.53. The monoisotopic (exact) mass is 224 g/mol. The molecule has 0 aliphatic heterocycles. The zero-order chi connectivity index (χ0) is 12.0. The van der Waals surface area contributed by atoms with Crippen molar-refractivity contribution >= 4 is 12.8 Å². The summed E-state index contributed by atoms with van der Waals surface area (Å²) in [6.45, 7) is 0.232. The Labute approximate surface area is 92.9 Å². The van der Waals surface area contributed by atoms with Crippen molar-refractivity contribution in [2.24, 2.45) is 0 Å². The van der Waals surface area contributed by atoms with Crippen LogP contribution in [-0.2, 0) is 14.3 Å². The van der Waals surface area contributed by atoms with Gasteiger partial charge in [-0.1, -0.05) is 6.07 Å². The van der Waals surface area contributed by atoms with Gasteiger partial charge < -0.3 is 14.2 Å². The third kappa shape index (κ3) is 2.50. The predicted octanol–water partition coefficient (Wildman–Crippen LogP) is 1.12. The van der Waals surface area contributed by atoms with Crippen LogP contribution >= 0.6 is 0 Å².